The Balaban J connectivity index is 1.60. The SMILES string of the molecule is O=C(NC1CCCC1)[C@@]12C[C@H]1CCN2S(=O)(=O)c1ccccc1. The lowest BCUT2D eigenvalue weighted by atomic mass is 10.2. The Hall–Kier alpha value is -1.40. The average molecular weight is 334 g/mol. The molecule has 2 saturated carbocycles. The third kappa shape index (κ3) is 2.31. The van der Waals surface area contributed by atoms with E-state index in [2.05, 4.69) is 5.32 Å². The number of amides is 1. The quantitative estimate of drug-likeness (QED) is 0.914. The Morgan fingerprint density at radius 2 is 1.83 bits per heavy atom. The highest BCUT2D eigenvalue weighted by molar-refractivity contribution is 7.89. The number of carbonyl (C=O) groups is 1. The molecule has 0 unspecified atom stereocenters. The molecule has 1 heterocycles. The van der Waals surface area contributed by atoms with Gasteiger partial charge in [-0.2, -0.15) is 4.31 Å². The van der Waals surface area contributed by atoms with Crippen molar-refractivity contribution in [1.82, 2.24) is 9.62 Å². The van der Waals surface area contributed by atoms with Crippen LogP contribution in [0.2, 0.25) is 0 Å². The molecule has 1 aliphatic heterocycles. The molecule has 124 valence electrons. The van der Waals surface area contributed by atoms with Crippen molar-refractivity contribution in [2.45, 2.75) is 55.0 Å². The maximum absolute atomic E-state index is 13.0. The molecule has 1 saturated heterocycles. The molecule has 2 aliphatic carbocycles. The van der Waals surface area contributed by atoms with Crippen LogP contribution in [0.3, 0.4) is 0 Å². The number of nitrogens with one attached hydrogen (secondary N) is 1. The molecule has 1 aromatic carbocycles. The summed E-state index contributed by atoms with van der Waals surface area (Å²) in [6.07, 6.45) is 5.76. The Labute approximate surface area is 137 Å². The highest BCUT2D eigenvalue weighted by atomic mass is 32.2. The van der Waals surface area contributed by atoms with Crippen LogP contribution in [-0.2, 0) is 14.8 Å². The molecule has 6 heteroatoms. The van der Waals surface area contributed by atoms with Gasteiger partial charge in [-0.25, -0.2) is 8.42 Å². The molecule has 5 nitrogen and oxygen atoms in total. The van der Waals surface area contributed by atoms with Gasteiger partial charge in [0.2, 0.25) is 15.9 Å². The second kappa shape index (κ2) is 5.31. The van der Waals surface area contributed by atoms with Gasteiger partial charge < -0.3 is 5.32 Å². The van der Waals surface area contributed by atoms with Gasteiger partial charge in [-0.3, -0.25) is 4.79 Å². The summed E-state index contributed by atoms with van der Waals surface area (Å²) in [6.45, 7) is 0.444. The molecule has 0 bridgehead atoms. The van der Waals surface area contributed by atoms with Crippen LogP contribution in [0.4, 0.5) is 0 Å². The van der Waals surface area contributed by atoms with Crippen molar-refractivity contribution in [3.63, 3.8) is 0 Å². The third-order valence-electron chi connectivity index (χ3n) is 5.61. The number of hydrogen-bond acceptors (Lipinski definition) is 3. The predicted molar refractivity (Wildman–Crippen MR) is 86.2 cm³/mol. The largest absolute Gasteiger partial charge is 0.352 e. The maximum Gasteiger partial charge on any atom is 0.244 e. The number of hydrogen-bond donors (Lipinski definition) is 1. The fourth-order valence-electron chi connectivity index (χ4n) is 4.26. The van der Waals surface area contributed by atoms with Crippen LogP contribution in [0, 0.1) is 5.92 Å². The molecule has 0 aromatic heterocycles. The number of nitrogens with zero attached hydrogens (tertiary/aromatic N) is 1. The van der Waals surface area contributed by atoms with Crippen molar-refractivity contribution in [1.29, 1.82) is 0 Å². The second-order valence-electron chi connectivity index (χ2n) is 6.96. The van der Waals surface area contributed by atoms with Crippen molar-refractivity contribution in [2.24, 2.45) is 5.92 Å². The molecule has 23 heavy (non-hydrogen) atoms. The summed E-state index contributed by atoms with van der Waals surface area (Å²) in [7, 11) is -3.61. The summed E-state index contributed by atoms with van der Waals surface area (Å²) in [4.78, 5) is 13.1. The molecule has 4 rings (SSSR count). The minimum Gasteiger partial charge on any atom is -0.352 e. The van der Waals surface area contributed by atoms with E-state index in [1.165, 1.54) is 4.31 Å². The van der Waals surface area contributed by atoms with Gasteiger partial charge in [0.05, 0.1) is 4.90 Å². The first-order valence-electron chi connectivity index (χ1n) is 8.44. The molecule has 1 amide bonds. The predicted octanol–water partition coefficient (Wildman–Crippen LogP) is 1.90. The normalized spacial score (nSPS) is 31.0. The van der Waals surface area contributed by atoms with Crippen molar-refractivity contribution < 1.29 is 13.2 Å². The van der Waals surface area contributed by atoms with Gasteiger partial charge >= 0.3 is 0 Å². The summed E-state index contributed by atoms with van der Waals surface area (Å²) in [5.41, 5.74) is -0.822. The molecule has 3 fully saturated rings. The summed E-state index contributed by atoms with van der Waals surface area (Å²) >= 11 is 0. The lowest BCUT2D eigenvalue weighted by molar-refractivity contribution is -0.126. The van der Waals surface area contributed by atoms with E-state index < -0.39 is 15.6 Å². The van der Waals surface area contributed by atoms with Gasteiger partial charge in [-0.1, -0.05) is 31.0 Å². The van der Waals surface area contributed by atoms with Gasteiger partial charge in [0.25, 0.3) is 0 Å². The number of fused-ring (bicyclic) bond motifs is 1. The summed E-state index contributed by atoms with van der Waals surface area (Å²) in [6, 6.07) is 8.67. The van der Waals surface area contributed by atoms with E-state index in [9.17, 15) is 13.2 Å². The van der Waals surface area contributed by atoms with Crippen molar-refractivity contribution >= 4 is 15.9 Å². The maximum atomic E-state index is 13.0. The minimum absolute atomic E-state index is 0.0774. The first kappa shape index (κ1) is 15.1. The molecule has 2 atom stereocenters. The van der Waals surface area contributed by atoms with Crippen molar-refractivity contribution in [3.8, 4) is 0 Å². The summed E-state index contributed by atoms with van der Waals surface area (Å²) in [5.74, 6) is 0.105. The molecule has 1 aromatic rings. The van der Waals surface area contributed by atoms with Gasteiger partial charge in [0, 0.05) is 12.6 Å². The van der Waals surface area contributed by atoms with E-state index in [1.807, 2.05) is 0 Å². The van der Waals surface area contributed by atoms with Crippen molar-refractivity contribution in [3.05, 3.63) is 30.3 Å². The highest BCUT2D eigenvalue weighted by Gasteiger charge is 2.70. The van der Waals surface area contributed by atoms with Crippen LogP contribution in [0.25, 0.3) is 0 Å². The van der Waals surface area contributed by atoms with Gasteiger partial charge in [0.1, 0.15) is 5.54 Å². The van der Waals surface area contributed by atoms with E-state index in [0.717, 1.165) is 32.1 Å². The number of benzene rings is 1. The second-order valence-corrected chi connectivity index (χ2v) is 8.82. The number of carbonyl (C=O) groups excluding carboxylic acids is 1. The zero-order valence-corrected chi connectivity index (χ0v) is 13.9. The average Bonchev–Trinajstić information content (AvgIpc) is 2.91. The minimum atomic E-state index is -3.61. The Morgan fingerprint density at radius 3 is 2.48 bits per heavy atom. The van der Waals surface area contributed by atoms with Gasteiger partial charge in [-0.05, 0) is 43.7 Å². The van der Waals surface area contributed by atoms with E-state index in [4.69, 9.17) is 0 Å². The zero-order valence-electron chi connectivity index (χ0n) is 13.1. The van der Waals surface area contributed by atoms with Crippen LogP contribution in [0.15, 0.2) is 35.2 Å². The summed E-state index contributed by atoms with van der Waals surface area (Å²) < 4.78 is 27.4. The van der Waals surface area contributed by atoms with E-state index in [0.29, 0.717) is 13.0 Å². The molecule has 0 radical (unpaired) electrons. The van der Waals surface area contributed by atoms with E-state index >= 15 is 0 Å². The number of sulfonamides is 1. The Bertz CT molecular complexity index is 713. The lowest BCUT2D eigenvalue weighted by Crippen LogP contribution is -2.52. The van der Waals surface area contributed by atoms with Crippen LogP contribution in [0.1, 0.15) is 38.5 Å². The first-order chi connectivity index (χ1) is 11.0. The third-order valence-corrected chi connectivity index (χ3v) is 7.57. The molecule has 3 aliphatic rings. The fourth-order valence-corrected chi connectivity index (χ4v) is 6.10. The standard InChI is InChI=1S/C17H22N2O3S/c20-16(18-14-6-4-5-7-14)17-12-13(17)10-11-19(17)23(21,22)15-8-2-1-3-9-15/h1-3,8-9,13-14H,4-7,10-12H2,(H,18,20)/t13-,17-/m1/s1. The molecule has 0 spiro atoms. The van der Waals surface area contributed by atoms with Crippen LogP contribution in [0.5, 0.6) is 0 Å². The molecular formula is C17H22N2O3S. The van der Waals surface area contributed by atoms with Gasteiger partial charge in [0.15, 0.2) is 0 Å². The highest BCUT2D eigenvalue weighted by Crippen LogP contribution is 2.57. The smallest absolute Gasteiger partial charge is 0.244 e. The Morgan fingerprint density at radius 1 is 1.13 bits per heavy atom. The van der Waals surface area contributed by atoms with Crippen LogP contribution in [-0.4, -0.2) is 36.8 Å². The van der Waals surface area contributed by atoms with Crippen LogP contribution < -0.4 is 5.32 Å². The first-order valence-corrected chi connectivity index (χ1v) is 9.88. The monoisotopic (exact) mass is 334 g/mol. The van der Waals surface area contributed by atoms with E-state index in [1.54, 1.807) is 30.3 Å². The van der Waals surface area contributed by atoms with Gasteiger partial charge in [-0.15, -0.1) is 0 Å². The number of rotatable bonds is 4. The molecule has 1 N–H and O–H groups in total. The summed E-state index contributed by atoms with van der Waals surface area (Å²) in [5, 5.41) is 3.11. The van der Waals surface area contributed by atoms with Crippen molar-refractivity contribution in [2.75, 3.05) is 6.54 Å². The number of piperidine rings is 1. The van der Waals surface area contributed by atoms with E-state index in [-0.39, 0.29) is 22.8 Å². The fraction of sp³-hybridized carbons (Fsp3) is 0.588. The Kier molecular flexibility index (Phi) is 3.50. The topological polar surface area (TPSA) is 66.5 Å². The lowest BCUT2D eigenvalue weighted by Gasteiger charge is -2.28. The molecular weight excluding hydrogens is 312 g/mol. The zero-order chi connectivity index (χ0) is 16.1. The van der Waals surface area contributed by atoms with Crippen LogP contribution >= 0.6 is 0 Å².